The summed E-state index contributed by atoms with van der Waals surface area (Å²) in [6, 6.07) is 7.01. The summed E-state index contributed by atoms with van der Waals surface area (Å²) in [4.78, 5) is 0. The van der Waals surface area contributed by atoms with Crippen LogP contribution in [0, 0.1) is 0 Å². The van der Waals surface area contributed by atoms with Crippen molar-refractivity contribution in [2.75, 3.05) is 0 Å². The van der Waals surface area contributed by atoms with Gasteiger partial charge in [-0.1, -0.05) is 30.3 Å². The molecule has 2 atom stereocenters. The van der Waals surface area contributed by atoms with Crippen LogP contribution in [0.15, 0.2) is 30.3 Å². The lowest BCUT2D eigenvalue weighted by Crippen LogP contribution is -2.49. The molecular weight excluding hydrogens is 296 g/mol. The minimum absolute atomic E-state index is 0.121. The van der Waals surface area contributed by atoms with E-state index in [1.54, 1.807) is 6.07 Å². The number of aliphatic hydroxyl groups excluding tert-OH is 1. The van der Waals surface area contributed by atoms with Crippen molar-refractivity contribution < 1.29 is 30.7 Å². The second-order valence-electron chi connectivity index (χ2n) is 4.14. The van der Waals surface area contributed by atoms with E-state index < -0.39 is 37.0 Å². The summed E-state index contributed by atoms with van der Waals surface area (Å²) in [5.41, 5.74) is -0.121. The van der Waals surface area contributed by atoms with E-state index in [9.17, 15) is 26.5 Å². The maximum absolute atomic E-state index is 12.0. The lowest BCUT2D eigenvalue weighted by atomic mass is 10.1. The van der Waals surface area contributed by atoms with Crippen molar-refractivity contribution in [2.24, 2.45) is 0 Å². The molecule has 2 N–H and O–H groups in total. The van der Waals surface area contributed by atoms with Gasteiger partial charge in [-0.15, -0.1) is 0 Å². The zero-order chi connectivity index (χ0) is 14.3. The highest BCUT2D eigenvalue weighted by molar-refractivity contribution is 8.05. The predicted octanol–water partition coefficient (Wildman–Crippen LogP) is 0.186. The monoisotopic (exact) mass is 308 g/mol. The third-order valence-electron chi connectivity index (χ3n) is 2.99. The molecule has 106 valence electrons. The van der Waals surface area contributed by atoms with Crippen LogP contribution in [0.25, 0.3) is 0 Å². The Morgan fingerprint density at radius 2 is 1.84 bits per heavy atom. The summed E-state index contributed by atoms with van der Waals surface area (Å²) in [6.07, 6.45) is -2.32. The van der Waals surface area contributed by atoms with Crippen molar-refractivity contribution in [2.45, 2.75) is 23.2 Å². The van der Waals surface area contributed by atoms with Crippen LogP contribution in [0.4, 0.5) is 0 Å². The first-order valence-electron chi connectivity index (χ1n) is 5.34. The minimum atomic E-state index is -5.00. The van der Waals surface area contributed by atoms with Gasteiger partial charge in [0.25, 0.3) is 20.2 Å². The van der Waals surface area contributed by atoms with E-state index >= 15 is 0 Å². The third-order valence-corrected chi connectivity index (χ3v) is 7.23. The number of aliphatic hydroxyl groups is 1. The molecule has 7 nitrogen and oxygen atoms in total. The Labute approximate surface area is 110 Å². The van der Waals surface area contributed by atoms with Crippen LogP contribution in [0.3, 0.4) is 0 Å². The molecule has 0 aliphatic carbocycles. The summed E-state index contributed by atoms with van der Waals surface area (Å²) < 4.78 is 58.5. The first-order valence-corrected chi connectivity index (χ1v) is 8.19. The molecule has 0 saturated carbocycles. The van der Waals surface area contributed by atoms with Crippen molar-refractivity contribution >= 4 is 20.2 Å². The molecule has 1 saturated heterocycles. The van der Waals surface area contributed by atoms with Crippen LogP contribution >= 0.6 is 0 Å². The highest BCUT2D eigenvalue weighted by Gasteiger charge is 2.60. The summed E-state index contributed by atoms with van der Waals surface area (Å²) in [5, 5.41) is 9.21. The van der Waals surface area contributed by atoms with Gasteiger partial charge in [-0.05, 0) is 12.0 Å². The van der Waals surface area contributed by atoms with Crippen LogP contribution in [0.5, 0.6) is 0 Å². The predicted molar refractivity (Wildman–Crippen MR) is 64.9 cm³/mol. The van der Waals surface area contributed by atoms with Gasteiger partial charge in [-0.2, -0.15) is 16.8 Å². The van der Waals surface area contributed by atoms with Crippen LogP contribution in [0.1, 0.15) is 18.4 Å². The van der Waals surface area contributed by atoms with E-state index in [4.69, 9.17) is 0 Å². The normalized spacial score (nSPS) is 30.9. The maximum Gasteiger partial charge on any atom is 0.297 e. The summed E-state index contributed by atoms with van der Waals surface area (Å²) in [6.45, 7) is 0. The van der Waals surface area contributed by atoms with Crippen LogP contribution < -0.4 is 0 Å². The summed E-state index contributed by atoms with van der Waals surface area (Å²) >= 11 is 0. The molecule has 0 radical (unpaired) electrons. The third kappa shape index (κ3) is 2.17. The van der Waals surface area contributed by atoms with Gasteiger partial charge < -0.3 is 5.11 Å². The smallest absolute Gasteiger partial charge is 0.297 e. The van der Waals surface area contributed by atoms with Crippen molar-refractivity contribution in [1.29, 1.82) is 0 Å². The quantitative estimate of drug-likeness (QED) is 0.591. The molecule has 1 aromatic rings. The van der Waals surface area contributed by atoms with E-state index in [0.717, 1.165) is 0 Å². The Morgan fingerprint density at radius 1 is 1.26 bits per heavy atom. The zero-order valence-corrected chi connectivity index (χ0v) is 11.3. The van der Waals surface area contributed by atoms with E-state index in [0.29, 0.717) is 0 Å². The van der Waals surface area contributed by atoms with Gasteiger partial charge in [0, 0.05) is 6.42 Å². The van der Waals surface area contributed by atoms with Gasteiger partial charge in [0.05, 0.1) is 0 Å². The lowest BCUT2D eigenvalue weighted by molar-refractivity contribution is -0.0324. The average Bonchev–Trinajstić information content (AvgIpc) is 2.27. The Kier molecular flexibility index (Phi) is 3.43. The van der Waals surface area contributed by atoms with Crippen LogP contribution in [-0.2, 0) is 28.5 Å². The molecule has 9 heteroatoms. The van der Waals surface area contributed by atoms with Crippen LogP contribution in [-0.4, -0.2) is 32.8 Å². The fraction of sp³-hybridized carbons (Fsp3) is 0.400. The van der Waals surface area contributed by atoms with E-state index in [2.05, 4.69) is 4.18 Å². The van der Waals surface area contributed by atoms with E-state index in [-0.39, 0.29) is 12.0 Å². The standard InChI is InChI=1S/C10H12O7S2/c11-9-6-7-10(18(12,13)14,19(15,16)17-9)8-4-2-1-3-5-8/h1-5,9,11H,6-7H2,(H,12,13,14). The zero-order valence-electron chi connectivity index (χ0n) is 9.63. The summed E-state index contributed by atoms with van der Waals surface area (Å²) in [7, 11) is -9.73. The molecule has 2 unspecified atom stereocenters. The average molecular weight is 308 g/mol. The second-order valence-corrected chi connectivity index (χ2v) is 7.84. The van der Waals surface area contributed by atoms with Gasteiger partial charge >= 0.3 is 0 Å². The van der Waals surface area contributed by atoms with E-state index in [1.165, 1.54) is 24.3 Å². The van der Waals surface area contributed by atoms with Crippen molar-refractivity contribution in [3.63, 3.8) is 0 Å². The van der Waals surface area contributed by atoms with Gasteiger partial charge in [0.1, 0.15) is 0 Å². The first kappa shape index (κ1) is 14.4. The SMILES string of the molecule is O=S(=O)(O)C1(c2ccccc2)CCC(O)OS1(=O)=O. The lowest BCUT2D eigenvalue weighted by Gasteiger charge is -2.34. The number of rotatable bonds is 2. The van der Waals surface area contributed by atoms with Gasteiger partial charge in [0.2, 0.25) is 4.08 Å². The molecule has 1 heterocycles. The molecule has 1 fully saturated rings. The fourth-order valence-electron chi connectivity index (χ4n) is 2.10. The number of hydrogen-bond acceptors (Lipinski definition) is 6. The Morgan fingerprint density at radius 3 is 2.32 bits per heavy atom. The second kappa shape index (κ2) is 4.53. The highest BCUT2D eigenvalue weighted by atomic mass is 32.3. The molecule has 1 aliphatic rings. The molecule has 0 amide bonds. The van der Waals surface area contributed by atoms with Gasteiger partial charge in [-0.3, -0.25) is 4.55 Å². The highest BCUT2D eigenvalue weighted by Crippen LogP contribution is 2.44. The van der Waals surface area contributed by atoms with Gasteiger partial charge in [-0.25, -0.2) is 4.18 Å². The van der Waals surface area contributed by atoms with Crippen molar-refractivity contribution in [1.82, 2.24) is 0 Å². The molecule has 0 bridgehead atoms. The molecule has 1 aliphatic heterocycles. The fourth-order valence-corrected chi connectivity index (χ4v) is 5.39. The van der Waals surface area contributed by atoms with E-state index in [1.807, 2.05) is 0 Å². The molecular formula is C10H12O7S2. The Bertz CT molecular complexity index is 665. The largest absolute Gasteiger partial charge is 0.367 e. The minimum Gasteiger partial charge on any atom is -0.367 e. The molecule has 0 aromatic heterocycles. The molecule has 2 rings (SSSR count). The van der Waals surface area contributed by atoms with Crippen molar-refractivity contribution in [3.8, 4) is 0 Å². The van der Waals surface area contributed by atoms with Gasteiger partial charge in [0.15, 0.2) is 6.29 Å². The topological polar surface area (TPSA) is 118 Å². The molecule has 1 aromatic carbocycles. The molecule has 19 heavy (non-hydrogen) atoms. The van der Waals surface area contributed by atoms with Crippen LogP contribution in [0.2, 0.25) is 0 Å². The molecule has 0 spiro atoms. The number of hydrogen-bond donors (Lipinski definition) is 2. The Balaban J connectivity index is 2.75. The maximum atomic E-state index is 12.0. The number of benzene rings is 1. The Hall–Kier alpha value is -1.00. The van der Waals surface area contributed by atoms with Crippen molar-refractivity contribution in [3.05, 3.63) is 35.9 Å². The summed E-state index contributed by atoms with van der Waals surface area (Å²) in [5.74, 6) is 0. The first-order chi connectivity index (χ1) is 8.71.